The summed E-state index contributed by atoms with van der Waals surface area (Å²) in [6.07, 6.45) is 4.14. The molecule has 1 aromatic heterocycles. The van der Waals surface area contributed by atoms with Crippen molar-refractivity contribution in [3.05, 3.63) is 28.7 Å². The van der Waals surface area contributed by atoms with Crippen LogP contribution in [0.4, 0.5) is 4.39 Å². The number of rotatable bonds is 2. The van der Waals surface area contributed by atoms with E-state index in [9.17, 15) is 14.3 Å². The van der Waals surface area contributed by atoms with Crippen LogP contribution in [0.2, 0.25) is 5.02 Å². The molecular weight excluding hydrogens is 369 g/mol. The zero-order valence-electron chi connectivity index (χ0n) is 15.5. The van der Waals surface area contributed by atoms with Gasteiger partial charge in [0.15, 0.2) is 0 Å². The number of carbonyl (C=O) groups is 1. The Balaban J connectivity index is 1.52. The van der Waals surface area contributed by atoms with Gasteiger partial charge in [0.05, 0.1) is 27.8 Å². The van der Waals surface area contributed by atoms with Gasteiger partial charge in [0, 0.05) is 24.5 Å². The summed E-state index contributed by atoms with van der Waals surface area (Å²) < 4.78 is 15.7. The topological polar surface area (TPSA) is 58.4 Å². The average molecular weight is 392 g/mol. The van der Waals surface area contributed by atoms with Crippen LogP contribution in [0, 0.1) is 11.7 Å². The number of aliphatic hydroxyl groups is 1. The maximum atomic E-state index is 14.0. The second-order valence-electron chi connectivity index (χ2n) is 8.71. The molecule has 4 fully saturated rings. The predicted octanol–water partition coefficient (Wildman–Crippen LogP) is 3.37. The third-order valence-electron chi connectivity index (χ3n) is 6.87. The Morgan fingerprint density at radius 2 is 2.00 bits per heavy atom. The van der Waals surface area contributed by atoms with E-state index in [0.717, 1.165) is 19.3 Å². The number of hydrogen-bond donors (Lipinski definition) is 1. The van der Waals surface area contributed by atoms with E-state index in [4.69, 9.17) is 11.6 Å². The lowest BCUT2D eigenvalue weighted by molar-refractivity contribution is -0.175. The number of piperidine rings is 2. The van der Waals surface area contributed by atoms with Gasteiger partial charge in [0.2, 0.25) is 5.91 Å². The summed E-state index contributed by atoms with van der Waals surface area (Å²) in [5, 5.41) is 15.8. The average Bonchev–Trinajstić information content (AvgIpc) is 2.92. The molecule has 1 N–H and O–H groups in total. The lowest BCUT2D eigenvalue weighted by Crippen LogP contribution is -2.66. The molecule has 3 heterocycles. The van der Waals surface area contributed by atoms with E-state index in [1.807, 2.05) is 11.8 Å². The lowest BCUT2D eigenvalue weighted by Gasteiger charge is -2.60. The first-order valence-corrected chi connectivity index (χ1v) is 10.0. The first-order valence-electron chi connectivity index (χ1n) is 9.62. The van der Waals surface area contributed by atoms with Crippen molar-refractivity contribution >= 4 is 28.4 Å². The first kappa shape index (κ1) is 17.4. The number of fused-ring (bicyclic) bond motifs is 1. The molecule has 3 unspecified atom stereocenters. The van der Waals surface area contributed by atoms with E-state index >= 15 is 0 Å². The highest BCUT2D eigenvalue weighted by atomic mass is 35.5. The number of benzene rings is 1. The van der Waals surface area contributed by atoms with Crippen molar-refractivity contribution < 1.29 is 14.3 Å². The second kappa shape index (κ2) is 5.67. The number of nitrogens with zero attached hydrogens (tertiary/aromatic N) is 3. The molecular formula is C20H23ClFN3O2. The van der Waals surface area contributed by atoms with Crippen LogP contribution in [0.5, 0.6) is 0 Å². The largest absolute Gasteiger partial charge is 0.390 e. The number of aryl methyl sites for hydroxylation is 1. The number of halogens is 2. The molecule has 5 nitrogen and oxygen atoms in total. The Morgan fingerprint density at radius 1 is 1.33 bits per heavy atom. The summed E-state index contributed by atoms with van der Waals surface area (Å²) in [6, 6.07) is 3.16. The van der Waals surface area contributed by atoms with Crippen molar-refractivity contribution in [2.75, 3.05) is 0 Å². The summed E-state index contributed by atoms with van der Waals surface area (Å²) >= 11 is 6.23. The molecule has 7 heteroatoms. The van der Waals surface area contributed by atoms with Gasteiger partial charge >= 0.3 is 0 Å². The fraction of sp³-hybridized carbons (Fsp3) is 0.600. The molecule has 1 amide bonds. The molecule has 27 heavy (non-hydrogen) atoms. The Kier molecular flexibility index (Phi) is 3.66. The molecule has 2 aliphatic heterocycles. The van der Waals surface area contributed by atoms with E-state index in [0.29, 0.717) is 35.4 Å². The van der Waals surface area contributed by atoms with E-state index in [1.54, 1.807) is 17.8 Å². The van der Waals surface area contributed by atoms with E-state index in [2.05, 4.69) is 5.10 Å². The highest BCUT2D eigenvalue weighted by Gasteiger charge is 2.55. The lowest BCUT2D eigenvalue weighted by atomic mass is 9.61. The van der Waals surface area contributed by atoms with Crippen LogP contribution in [0.3, 0.4) is 0 Å². The SMILES string of the molecule is CC(C(=O)N1C2CC3CC1CC(O)(C3)C2)c1nn(C)c2ccc(F)c(Cl)c12. The van der Waals surface area contributed by atoms with Gasteiger partial charge in [-0.2, -0.15) is 5.10 Å². The monoisotopic (exact) mass is 391 g/mol. The van der Waals surface area contributed by atoms with Crippen LogP contribution >= 0.6 is 11.6 Å². The molecule has 144 valence electrons. The third-order valence-corrected chi connectivity index (χ3v) is 7.24. The van der Waals surface area contributed by atoms with Crippen LogP contribution in [-0.2, 0) is 11.8 Å². The van der Waals surface area contributed by atoms with Crippen LogP contribution in [0.25, 0.3) is 10.9 Å². The minimum absolute atomic E-state index is 0.00716. The van der Waals surface area contributed by atoms with Gasteiger partial charge in [-0.1, -0.05) is 11.6 Å². The Bertz CT molecular complexity index is 942. The molecule has 4 aliphatic rings. The standard InChI is InChI=1S/C20H23ClFN3O2/c1-10(18-16-15(24(2)23-18)4-3-14(22)17(16)21)19(26)25-12-5-11-6-13(25)9-20(27,7-11)8-12/h3-4,10-13,27H,5-9H2,1-2H3. The van der Waals surface area contributed by atoms with Gasteiger partial charge in [0.1, 0.15) is 5.82 Å². The normalized spacial score (nSPS) is 33.1. The number of carbonyl (C=O) groups excluding carboxylic acids is 1. The highest BCUT2D eigenvalue weighted by molar-refractivity contribution is 6.35. The smallest absolute Gasteiger partial charge is 0.232 e. The van der Waals surface area contributed by atoms with Gasteiger partial charge in [-0.15, -0.1) is 0 Å². The summed E-state index contributed by atoms with van der Waals surface area (Å²) in [6.45, 7) is 1.82. The fourth-order valence-corrected chi connectivity index (χ4v) is 6.17. The second-order valence-corrected chi connectivity index (χ2v) is 9.09. The predicted molar refractivity (Wildman–Crippen MR) is 100 cm³/mol. The Morgan fingerprint density at radius 3 is 2.63 bits per heavy atom. The van der Waals surface area contributed by atoms with Gasteiger partial charge in [-0.25, -0.2) is 4.39 Å². The van der Waals surface area contributed by atoms with Crippen LogP contribution in [-0.4, -0.2) is 43.4 Å². The van der Waals surface area contributed by atoms with Gasteiger partial charge in [-0.05, 0) is 57.1 Å². The van der Waals surface area contributed by atoms with E-state index < -0.39 is 17.3 Å². The van der Waals surface area contributed by atoms with Crippen molar-refractivity contribution in [3.63, 3.8) is 0 Å². The maximum absolute atomic E-state index is 14.0. The van der Waals surface area contributed by atoms with Crippen LogP contribution < -0.4 is 0 Å². The molecule has 2 aliphatic carbocycles. The van der Waals surface area contributed by atoms with Gasteiger partial charge < -0.3 is 10.0 Å². The minimum Gasteiger partial charge on any atom is -0.390 e. The molecule has 1 aromatic carbocycles. The molecule has 2 saturated heterocycles. The quantitative estimate of drug-likeness (QED) is 0.853. The number of amides is 1. The molecule has 3 atom stereocenters. The fourth-order valence-electron chi connectivity index (χ4n) is 5.91. The zero-order valence-corrected chi connectivity index (χ0v) is 16.2. The van der Waals surface area contributed by atoms with Crippen molar-refractivity contribution in [1.29, 1.82) is 0 Å². The summed E-state index contributed by atoms with van der Waals surface area (Å²) in [7, 11) is 1.77. The van der Waals surface area contributed by atoms with Crippen LogP contribution in [0.15, 0.2) is 12.1 Å². The first-order chi connectivity index (χ1) is 12.8. The maximum Gasteiger partial charge on any atom is 0.232 e. The Labute approximate surface area is 162 Å². The Hall–Kier alpha value is -1.66. The summed E-state index contributed by atoms with van der Waals surface area (Å²) in [5.41, 5.74) is 0.639. The zero-order chi connectivity index (χ0) is 19.1. The van der Waals surface area contributed by atoms with E-state index in [1.165, 1.54) is 6.07 Å². The molecule has 2 saturated carbocycles. The molecule has 2 aromatic rings. The highest BCUT2D eigenvalue weighted by Crippen LogP contribution is 2.52. The third kappa shape index (κ3) is 2.46. The van der Waals surface area contributed by atoms with Crippen molar-refractivity contribution in [2.45, 2.75) is 62.6 Å². The molecule has 0 radical (unpaired) electrons. The van der Waals surface area contributed by atoms with Crippen molar-refractivity contribution in [2.24, 2.45) is 13.0 Å². The number of hydrogen-bond acceptors (Lipinski definition) is 3. The summed E-state index contributed by atoms with van der Waals surface area (Å²) in [5.74, 6) is -0.491. The minimum atomic E-state index is -0.597. The number of aromatic nitrogens is 2. The van der Waals surface area contributed by atoms with E-state index in [-0.39, 0.29) is 23.0 Å². The molecule has 6 rings (SSSR count). The van der Waals surface area contributed by atoms with Gasteiger partial charge in [-0.3, -0.25) is 9.48 Å². The van der Waals surface area contributed by atoms with Gasteiger partial charge in [0.25, 0.3) is 0 Å². The van der Waals surface area contributed by atoms with Crippen LogP contribution in [0.1, 0.15) is 50.6 Å². The summed E-state index contributed by atoms with van der Waals surface area (Å²) in [4.78, 5) is 15.4. The molecule has 4 bridgehead atoms. The van der Waals surface area contributed by atoms with Crippen molar-refractivity contribution in [1.82, 2.24) is 14.7 Å². The van der Waals surface area contributed by atoms with Crippen molar-refractivity contribution in [3.8, 4) is 0 Å². The molecule has 0 spiro atoms.